The summed E-state index contributed by atoms with van der Waals surface area (Å²) in [6, 6.07) is 0. The number of unbranched alkanes of at least 4 members (excludes halogenated alkanes) is 1. The van der Waals surface area contributed by atoms with Gasteiger partial charge in [0.25, 0.3) is 0 Å². The maximum atomic E-state index is 2.81. The maximum absolute atomic E-state index is 2.81. The number of hydrogen-bond donors (Lipinski definition) is 0. The second kappa shape index (κ2) is 6.52. The molecule has 0 aromatic rings. The lowest BCUT2D eigenvalue weighted by Crippen LogP contribution is -2.44. The zero-order chi connectivity index (χ0) is 11.1. The number of nitrogens with zero attached hydrogens (tertiary/aromatic N) is 1. The predicted molar refractivity (Wildman–Crippen MR) is 68.3 cm³/mol. The molecule has 15 heavy (non-hydrogen) atoms. The van der Waals surface area contributed by atoms with Crippen molar-refractivity contribution in [3.05, 3.63) is 0 Å². The van der Waals surface area contributed by atoms with Gasteiger partial charge in [-0.05, 0) is 45.2 Å². The Morgan fingerprint density at radius 2 is 1.67 bits per heavy atom. The summed E-state index contributed by atoms with van der Waals surface area (Å²) in [7, 11) is 0. The molecular weight excluding hydrogens is 182 g/mol. The van der Waals surface area contributed by atoms with E-state index in [1.54, 1.807) is 0 Å². The second-order valence-electron chi connectivity index (χ2n) is 5.17. The van der Waals surface area contributed by atoms with E-state index in [1.165, 1.54) is 64.5 Å². The van der Waals surface area contributed by atoms with Gasteiger partial charge in [0.05, 0.1) is 0 Å². The molecule has 1 saturated heterocycles. The molecule has 0 aromatic heterocycles. The number of likely N-dealkylation sites (tertiary alicyclic amines) is 1. The molecule has 0 unspecified atom stereocenters. The molecule has 1 aliphatic heterocycles. The summed E-state index contributed by atoms with van der Waals surface area (Å²) in [6.07, 6.45) is 11.2. The van der Waals surface area contributed by atoms with Gasteiger partial charge < -0.3 is 0 Å². The van der Waals surface area contributed by atoms with Crippen molar-refractivity contribution in [1.82, 2.24) is 4.90 Å². The van der Waals surface area contributed by atoms with E-state index in [0.29, 0.717) is 5.54 Å². The van der Waals surface area contributed by atoms with Crippen molar-refractivity contribution in [3.8, 4) is 0 Å². The fraction of sp³-hybridized carbons (Fsp3) is 1.00. The first kappa shape index (κ1) is 13.0. The molecule has 0 atom stereocenters. The zero-order valence-electron chi connectivity index (χ0n) is 11.0. The minimum absolute atomic E-state index is 0.596. The molecule has 1 heteroatoms. The van der Waals surface area contributed by atoms with Gasteiger partial charge in [-0.15, -0.1) is 0 Å². The fourth-order valence-corrected chi connectivity index (χ4v) is 3.31. The summed E-state index contributed by atoms with van der Waals surface area (Å²) in [4.78, 5) is 2.81. The largest absolute Gasteiger partial charge is 0.298 e. The highest BCUT2D eigenvalue weighted by molar-refractivity contribution is 4.94. The Balaban J connectivity index is 2.57. The molecule has 0 aromatic carbocycles. The van der Waals surface area contributed by atoms with Crippen molar-refractivity contribution in [2.24, 2.45) is 0 Å². The van der Waals surface area contributed by atoms with Crippen LogP contribution in [0.3, 0.4) is 0 Å². The lowest BCUT2D eigenvalue weighted by molar-refractivity contribution is 0.112. The van der Waals surface area contributed by atoms with Crippen LogP contribution < -0.4 is 0 Å². The summed E-state index contributed by atoms with van der Waals surface area (Å²) < 4.78 is 0. The zero-order valence-corrected chi connectivity index (χ0v) is 11.0. The van der Waals surface area contributed by atoms with Crippen molar-refractivity contribution < 1.29 is 0 Å². The third-order valence-electron chi connectivity index (χ3n) is 3.95. The van der Waals surface area contributed by atoms with Crippen LogP contribution in [0.2, 0.25) is 0 Å². The van der Waals surface area contributed by atoms with Crippen LogP contribution in [0, 0.1) is 0 Å². The minimum atomic E-state index is 0.596. The van der Waals surface area contributed by atoms with Crippen molar-refractivity contribution in [2.45, 2.75) is 77.7 Å². The molecule has 0 N–H and O–H groups in total. The molecular formula is C14H29N. The Morgan fingerprint density at radius 1 is 1.00 bits per heavy atom. The molecule has 0 bridgehead atoms. The van der Waals surface area contributed by atoms with E-state index in [2.05, 4.69) is 25.7 Å². The van der Waals surface area contributed by atoms with Gasteiger partial charge in [0, 0.05) is 5.54 Å². The standard InChI is InChI=1S/C14H29N/c1-4-7-12-15-13-8-11-14(15,9-5-2)10-6-3/h4-13H2,1-3H3. The Kier molecular flexibility index (Phi) is 5.66. The summed E-state index contributed by atoms with van der Waals surface area (Å²) in [6.45, 7) is 9.69. The van der Waals surface area contributed by atoms with Gasteiger partial charge in [0.1, 0.15) is 0 Å². The van der Waals surface area contributed by atoms with Crippen LogP contribution >= 0.6 is 0 Å². The van der Waals surface area contributed by atoms with E-state index < -0.39 is 0 Å². The molecule has 0 spiro atoms. The van der Waals surface area contributed by atoms with Gasteiger partial charge in [-0.2, -0.15) is 0 Å². The van der Waals surface area contributed by atoms with E-state index >= 15 is 0 Å². The van der Waals surface area contributed by atoms with Crippen LogP contribution in [0.4, 0.5) is 0 Å². The molecule has 1 heterocycles. The Labute approximate surface area is 96.2 Å². The van der Waals surface area contributed by atoms with Gasteiger partial charge in [-0.25, -0.2) is 0 Å². The lowest BCUT2D eigenvalue weighted by Gasteiger charge is -2.39. The molecule has 0 aliphatic carbocycles. The van der Waals surface area contributed by atoms with E-state index in [-0.39, 0.29) is 0 Å². The van der Waals surface area contributed by atoms with Crippen molar-refractivity contribution in [1.29, 1.82) is 0 Å². The molecule has 0 radical (unpaired) electrons. The van der Waals surface area contributed by atoms with Gasteiger partial charge in [0.15, 0.2) is 0 Å². The predicted octanol–water partition coefficient (Wildman–Crippen LogP) is 4.22. The highest BCUT2D eigenvalue weighted by Gasteiger charge is 2.38. The smallest absolute Gasteiger partial charge is 0.0209 e. The third-order valence-corrected chi connectivity index (χ3v) is 3.95. The van der Waals surface area contributed by atoms with Crippen LogP contribution in [-0.2, 0) is 0 Å². The Morgan fingerprint density at radius 3 is 2.20 bits per heavy atom. The molecule has 1 fully saturated rings. The van der Waals surface area contributed by atoms with Gasteiger partial charge >= 0.3 is 0 Å². The highest BCUT2D eigenvalue weighted by Crippen LogP contribution is 2.37. The van der Waals surface area contributed by atoms with Crippen molar-refractivity contribution in [3.63, 3.8) is 0 Å². The van der Waals surface area contributed by atoms with E-state index in [4.69, 9.17) is 0 Å². The molecule has 0 saturated carbocycles. The Bertz CT molecular complexity index is 159. The van der Waals surface area contributed by atoms with Crippen molar-refractivity contribution >= 4 is 0 Å². The first-order valence-electron chi connectivity index (χ1n) is 7.04. The second-order valence-corrected chi connectivity index (χ2v) is 5.17. The van der Waals surface area contributed by atoms with Crippen LogP contribution in [0.1, 0.15) is 72.1 Å². The van der Waals surface area contributed by atoms with Gasteiger partial charge in [-0.3, -0.25) is 4.90 Å². The highest BCUT2D eigenvalue weighted by atomic mass is 15.2. The minimum Gasteiger partial charge on any atom is -0.298 e. The lowest BCUT2D eigenvalue weighted by atomic mass is 9.86. The SMILES string of the molecule is CCCCN1CCCC1(CCC)CCC. The molecule has 1 nitrogen and oxygen atoms in total. The molecule has 1 rings (SSSR count). The first-order valence-corrected chi connectivity index (χ1v) is 7.04. The first-order chi connectivity index (χ1) is 7.29. The average Bonchev–Trinajstić information content (AvgIpc) is 2.59. The summed E-state index contributed by atoms with van der Waals surface area (Å²) in [5.41, 5.74) is 0.596. The summed E-state index contributed by atoms with van der Waals surface area (Å²) in [5, 5.41) is 0. The maximum Gasteiger partial charge on any atom is 0.0209 e. The van der Waals surface area contributed by atoms with Crippen LogP contribution in [0.5, 0.6) is 0 Å². The topological polar surface area (TPSA) is 3.24 Å². The monoisotopic (exact) mass is 211 g/mol. The fourth-order valence-electron chi connectivity index (χ4n) is 3.31. The van der Waals surface area contributed by atoms with Crippen LogP contribution in [-0.4, -0.2) is 23.5 Å². The van der Waals surface area contributed by atoms with Crippen LogP contribution in [0.25, 0.3) is 0 Å². The quantitative estimate of drug-likeness (QED) is 0.609. The molecule has 1 aliphatic rings. The van der Waals surface area contributed by atoms with E-state index in [1.807, 2.05) is 0 Å². The molecule has 0 amide bonds. The number of hydrogen-bond acceptors (Lipinski definition) is 1. The van der Waals surface area contributed by atoms with Gasteiger partial charge in [0.2, 0.25) is 0 Å². The summed E-state index contributed by atoms with van der Waals surface area (Å²) >= 11 is 0. The molecule has 90 valence electrons. The third kappa shape index (κ3) is 3.21. The van der Waals surface area contributed by atoms with Gasteiger partial charge in [-0.1, -0.05) is 40.0 Å². The normalized spacial score (nSPS) is 21.0. The Hall–Kier alpha value is -0.0400. The van der Waals surface area contributed by atoms with E-state index in [9.17, 15) is 0 Å². The van der Waals surface area contributed by atoms with E-state index in [0.717, 1.165) is 0 Å². The summed E-state index contributed by atoms with van der Waals surface area (Å²) in [5.74, 6) is 0. The average molecular weight is 211 g/mol. The van der Waals surface area contributed by atoms with Crippen LogP contribution in [0.15, 0.2) is 0 Å². The van der Waals surface area contributed by atoms with Crippen molar-refractivity contribution in [2.75, 3.05) is 13.1 Å². The number of rotatable bonds is 7.